The summed E-state index contributed by atoms with van der Waals surface area (Å²) in [5.74, 6) is 2.97. The first-order valence-electron chi connectivity index (χ1n) is 13.1. The van der Waals surface area contributed by atoms with Gasteiger partial charge >= 0.3 is 0 Å². The summed E-state index contributed by atoms with van der Waals surface area (Å²) in [6, 6.07) is -0.366. The number of amides is 2. The maximum atomic E-state index is 13.4. The summed E-state index contributed by atoms with van der Waals surface area (Å²) in [5, 5.41) is 10.6. The standard InChI is InChI=1S/C26H42N4O4S/c1-13(2)19(27)23(31)29-26(5,6)12-33-25-22(35-14(3)4)21(34-30-25)24(32)28-20-17-8-15-7-16(10-17)11-18(20)9-15/h13-20H,7-12,27H2,1-6H3,(H,28,32)(H,29,31)/t15?,16?,17?,18?,19-,20?/m0/s1. The van der Waals surface area contributed by atoms with Crippen LogP contribution in [0.3, 0.4) is 0 Å². The van der Waals surface area contributed by atoms with Crippen LogP contribution in [0.5, 0.6) is 5.88 Å². The molecule has 4 aliphatic carbocycles. The number of ether oxygens (including phenoxy) is 1. The van der Waals surface area contributed by atoms with Crippen molar-refractivity contribution in [3.05, 3.63) is 5.76 Å². The molecular formula is C26H42N4O4S. The van der Waals surface area contributed by atoms with E-state index < -0.39 is 11.6 Å². The number of hydrogen-bond donors (Lipinski definition) is 3. The Hall–Kier alpha value is -1.74. The van der Waals surface area contributed by atoms with E-state index in [-0.39, 0.29) is 47.3 Å². The second-order valence-corrected chi connectivity index (χ2v) is 13.8. The summed E-state index contributed by atoms with van der Waals surface area (Å²) in [5.41, 5.74) is 5.31. The molecule has 5 rings (SSSR count). The Balaban J connectivity index is 1.43. The molecule has 4 aliphatic rings. The van der Waals surface area contributed by atoms with E-state index in [0.717, 1.165) is 11.8 Å². The fourth-order valence-electron chi connectivity index (χ4n) is 6.23. The molecule has 1 aromatic rings. The molecule has 0 aliphatic heterocycles. The lowest BCUT2D eigenvalue weighted by molar-refractivity contribution is -0.125. The minimum Gasteiger partial charge on any atom is -0.472 e. The van der Waals surface area contributed by atoms with Crippen LogP contribution >= 0.6 is 11.8 Å². The van der Waals surface area contributed by atoms with Crippen molar-refractivity contribution in [2.45, 2.75) is 101 Å². The summed E-state index contributed by atoms with van der Waals surface area (Å²) < 4.78 is 11.6. The highest BCUT2D eigenvalue weighted by atomic mass is 32.2. The minimum absolute atomic E-state index is 0.0341. The molecule has 1 atom stereocenters. The fourth-order valence-corrected chi connectivity index (χ4v) is 7.13. The molecule has 8 nitrogen and oxygen atoms in total. The first kappa shape index (κ1) is 26.3. The zero-order valence-electron chi connectivity index (χ0n) is 21.9. The Morgan fingerprint density at radius 1 is 1.11 bits per heavy atom. The zero-order chi connectivity index (χ0) is 25.5. The van der Waals surface area contributed by atoms with Crippen molar-refractivity contribution in [3.63, 3.8) is 0 Å². The van der Waals surface area contributed by atoms with Crippen LogP contribution in [-0.2, 0) is 4.79 Å². The molecule has 4 fully saturated rings. The lowest BCUT2D eigenvalue weighted by atomic mass is 9.54. The number of nitrogens with zero attached hydrogens (tertiary/aromatic N) is 1. The predicted molar refractivity (Wildman–Crippen MR) is 136 cm³/mol. The molecule has 4 N–H and O–H groups in total. The molecule has 196 valence electrons. The first-order valence-corrected chi connectivity index (χ1v) is 14.0. The molecule has 1 aromatic heterocycles. The van der Waals surface area contributed by atoms with Crippen LogP contribution in [0.2, 0.25) is 0 Å². The quantitative estimate of drug-likeness (QED) is 0.411. The van der Waals surface area contributed by atoms with E-state index in [4.69, 9.17) is 15.0 Å². The Labute approximate surface area is 213 Å². The Bertz CT molecular complexity index is 900. The Morgan fingerprint density at radius 2 is 1.71 bits per heavy atom. The van der Waals surface area contributed by atoms with Crippen LogP contribution in [0, 0.1) is 29.6 Å². The highest BCUT2D eigenvalue weighted by Gasteiger charge is 2.49. The first-order chi connectivity index (χ1) is 16.4. The SMILES string of the molecule is CC(C)Sc1c(OCC(C)(C)NC(=O)[C@@H](N)C(C)C)noc1C(=O)NC1C2CC3CC(C2)CC1C3. The molecule has 0 aromatic carbocycles. The topological polar surface area (TPSA) is 119 Å². The van der Waals surface area contributed by atoms with Crippen molar-refractivity contribution in [2.24, 2.45) is 35.3 Å². The Kier molecular flexibility index (Phi) is 7.77. The van der Waals surface area contributed by atoms with Gasteiger partial charge in [0.15, 0.2) is 0 Å². The van der Waals surface area contributed by atoms with Crippen molar-refractivity contribution in [3.8, 4) is 5.88 Å². The second kappa shape index (κ2) is 10.3. The molecule has 4 saturated carbocycles. The highest BCUT2D eigenvalue weighted by Crippen LogP contribution is 2.53. The lowest BCUT2D eigenvalue weighted by Gasteiger charge is -2.54. The summed E-state index contributed by atoms with van der Waals surface area (Å²) in [4.78, 5) is 26.4. The third-order valence-corrected chi connectivity index (χ3v) is 8.82. The van der Waals surface area contributed by atoms with Crippen molar-refractivity contribution in [1.29, 1.82) is 0 Å². The van der Waals surface area contributed by atoms with Crippen LogP contribution in [0.4, 0.5) is 0 Å². The fraction of sp³-hybridized carbons (Fsp3) is 0.808. The maximum Gasteiger partial charge on any atom is 0.291 e. The molecule has 0 unspecified atom stereocenters. The van der Waals surface area contributed by atoms with Crippen molar-refractivity contribution < 1.29 is 18.8 Å². The molecule has 0 radical (unpaired) electrons. The van der Waals surface area contributed by atoms with Gasteiger partial charge in [-0.05, 0) is 80.7 Å². The molecule has 35 heavy (non-hydrogen) atoms. The summed E-state index contributed by atoms with van der Waals surface area (Å²) >= 11 is 1.50. The smallest absolute Gasteiger partial charge is 0.291 e. The van der Waals surface area contributed by atoms with E-state index in [2.05, 4.69) is 29.6 Å². The van der Waals surface area contributed by atoms with Gasteiger partial charge in [0.05, 0.1) is 11.6 Å². The van der Waals surface area contributed by atoms with E-state index >= 15 is 0 Å². The van der Waals surface area contributed by atoms with Crippen molar-refractivity contribution in [1.82, 2.24) is 15.8 Å². The van der Waals surface area contributed by atoms with Gasteiger partial charge in [-0.3, -0.25) is 9.59 Å². The van der Waals surface area contributed by atoms with Gasteiger partial charge in [-0.1, -0.05) is 27.7 Å². The molecule has 0 spiro atoms. The minimum atomic E-state index is -0.675. The van der Waals surface area contributed by atoms with Crippen LogP contribution in [0.15, 0.2) is 9.42 Å². The number of thioether (sulfide) groups is 1. The van der Waals surface area contributed by atoms with E-state index in [1.165, 1.54) is 43.9 Å². The van der Waals surface area contributed by atoms with Gasteiger partial charge in [-0.25, -0.2) is 0 Å². The number of hydrogen-bond acceptors (Lipinski definition) is 7. The van der Waals surface area contributed by atoms with Gasteiger partial charge in [-0.2, -0.15) is 0 Å². The molecule has 1 heterocycles. The van der Waals surface area contributed by atoms with Crippen LogP contribution in [0.1, 0.15) is 84.2 Å². The van der Waals surface area contributed by atoms with Crippen LogP contribution in [0.25, 0.3) is 0 Å². The average Bonchev–Trinajstić information content (AvgIpc) is 3.15. The zero-order valence-corrected chi connectivity index (χ0v) is 22.7. The van der Waals surface area contributed by atoms with Gasteiger partial charge in [0.1, 0.15) is 11.5 Å². The number of aromatic nitrogens is 1. The van der Waals surface area contributed by atoms with Gasteiger partial charge in [0, 0.05) is 11.3 Å². The normalized spacial score (nSPS) is 28.4. The number of carbonyl (C=O) groups is 2. The summed E-state index contributed by atoms with van der Waals surface area (Å²) in [7, 11) is 0. The summed E-state index contributed by atoms with van der Waals surface area (Å²) in [6.07, 6.45) is 6.32. The third kappa shape index (κ3) is 5.98. The van der Waals surface area contributed by atoms with E-state index in [1.54, 1.807) is 0 Å². The molecule has 2 amide bonds. The monoisotopic (exact) mass is 506 g/mol. The number of rotatable bonds is 10. The van der Waals surface area contributed by atoms with E-state index in [1.807, 2.05) is 27.7 Å². The van der Waals surface area contributed by atoms with Gasteiger partial charge in [0.25, 0.3) is 11.8 Å². The van der Waals surface area contributed by atoms with Gasteiger partial charge in [-0.15, -0.1) is 11.8 Å². The number of carbonyl (C=O) groups excluding carboxylic acids is 2. The van der Waals surface area contributed by atoms with Crippen molar-refractivity contribution in [2.75, 3.05) is 6.61 Å². The van der Waals surface area contributed by atoms with E-state index in [9.17, 15) is 9.59 Å². The van der Waals surface area contributed by atoms with Crippen LogP contribution < -0.4 is 21.1 Å². The average molecular weight is 507 g/mol. The van der Waals surface area contributed by atoms with Crippen molar-refractivity contribution >= 4 is 23.6 Å². The van der Waals surface area contributed by atoms with Gasteiger partial charge in [0.2, 0.25) is 11.7 Å². The van der Waals surface area contributed by atoms with Gasteiger partial charge < -0.3 is 25.6 Å². The molecular weight excluding hydrogens is 464 g/mol. The molecule has 0 saturated heterocycles. The molecule has 9 heteroatoms. The Morgan fingerprint density at radius 3 is 2.26 bits per heavy atom. The number of nitrogens with two attached hydrogens (primary N) is 1. The predicted octanol–water partition coefficient (Wildman–Crippen LogP) is 3.99. The van der Waals surface area contributed by atoms with Crippen LogP contribution in [-0.4, -0.2) is 46.5 Å². The summed E-state index contributed by atoms with van der Waals surface area (Å²) in [6.45, 7) is 11.8. The largest absolute Gasteiger partial charge is 0.472 e. The highest BCUT2D eigenvalue weighted by molar-refractivity contribution is 8.00. The third-order valence-electron chi connectivity index (χ3n) is 7.76. The lowest BCUT2D eigenvalue weighted by Crippen LogP contribution is -2.55. The second-order valence-electron chi connectivity index (χ2n) is 12.2. The number of nitrogens with one attached hydrogen (secondary N) is 2. The van der Waals surface area contributed by atoms with E-state index in [0.29, 0.717) is 16.7 Å². The maximum absolute atomic E-state index is 13.4. The molecule has 4 bridgehead atoms.